The second-order valence-corrected chi connectivity index (χ2v) is 0.183. The maximum Gasteiger partial charge on any atom is 0.0906 e. The van der Waals surface area contributed by atoms with E-state index in [4.69, 9.17) is 5.11 Å². The smallest absolute Gasteiger partial charge is 0.0906 e. The molecule has 0 saturated carbocycles. The van der Waals surface area contributed by atoms with Crippen LogP contribution in [0.4, 0.5) is 0 Å². The Morgan fingerprint density at radius 3 is 1.60 bits per heavy atom. The monoisotopic (exact) mass is 78.1 g/mol. The van der Waals surface area contributed by atoms with Crippen molar-refractivity contribution >= 4 is 0 Å². The van der Waals surface area contributed by atoms with Gasteiger partial charge in [0.15, 0.2) is 0 Å². The summed E-state index contributed by atoms with van der Waals surface area (Å²) in [4.78, 5) is 0. The van der Waals surface area contributed by atoms with Crippen molar-refractivity contribution in [3.05, 3.63) is 0 Å². The Morgan fingerprint density at radius 2 is 1.60 bits per heavy atom. The third kappa shape index (κ3) is 952. The van der Waals surface area contributed by atoms with Crippen molar-refractivity contribution in [3.63, 3.8) is 0 Å². The minimum atomic E-state index is -0.250. The summed E-state index contributed by atoms with van der Waals surface area (Å²) in [6.45, 7) is -0.250. The van der Waals surface area contributed by atoms with Gasteiger partial charge < -0.3 is 16.6 Å². The van der Waals surface area contributed by atoms with Gasteiger partial charge in [0.2, 0.25) is 0 Å². The molecule has 0 aromatic carbocycles. The van der Waals surface area contributed by atoms with E-state index in [9.17, 15) is 0 Å². The highest BCUT2D eigenvalue weighted by atomic mass is 16.3. The Hall–Kier alpha value is -0.120. The SMILES string of the molecule is CN.NCO. The number of aliphatic hydroxyl groups excluding tert-OH is 1. The molecule has 0 atom stereocenters. The van der Waals surface area contributed by atoms with Crippen LogP contribution in [0.3, 0.4) is 0 Å². The van der Waals surface area contributed by atoms with Crippen LogP contribution in [0.15, 0.2) is 0 Å². The zero-order valence-corrected chi connectivity index (χ0v) is 3.31. The fourth-order valence-corrected chi connectivity index (χ4v) is 0. The van der Waals surface area contributed by atoms with Gasteiger partial charge in [-0.05, 0) is 7.05 Å². The van der Waals surface area contributed by atoms with Gasteiger partial charge in [0.1, 0.15) is 0 Å². The van der Waals surface area contributed by atoms with Crippen LogP contribution in [0.1, 0.15) is 0 Å². The lowest BCUT2D eigenvalue weighted by molar-refractivity contribution is 0.307. The van der Waals surface area contributed by atoms with Crippen molar-refractivity contribution in [1.82, 2.24) is 0 Å². The standard InChI is InChI=1S/CH5NO.CH5N/c2-1-3;1-2/h3H,1-2H2;2H2,1H3. The maximum atomic E-state index is 7.35. The van der Waals surface area contributed by atoms with Crippen LogP contribution in [0.25, 0.3) is 0 Å². The topological polar surface area (TPSA) is 72.3 Å². The van der Waals surface area contributed by atoms with Crippen LogP contribution < -0.4 is 11.5 Å². The molecule has 0 aliphatic carbocycles. The predicted molar refractivity (Wildman–Crippen MR) is 21.4 cm³/mol. The van der Waals surface area contributed by atoms with E-state index < -0.39 is 0 Å². The molecule has 0 aromatic heterocycles. The highest BCUT2D eigenvalue weighted by Crippen LogP contribution is 1.04. The summed E-state index contributed by atoms with van der Waals surface area (Å²) in [5.74, 6) is 0. The Bertz CT molecular complexity index is 7.61. The van der Waals surface area contributed by atoms with Crippen molar-refractivity contribution < 1.29 is 5.11 Å². The molecule has 0 unspecified atom stereocenters. The van der Waals surface area contributed by atoms with Crippen molar-refractivity contribution in [1.29, 1.82) is 0 Å². The van der Waals surface area contributed by atoms with Gasteiger partial charge >= 0.3 is 0 Å². The molecular weight excluding hydrogens is 68.0 g/mol. The van der Waals surface area contributed by atoms with Crippen LogP contribution in [-0.2, 0) is 0 Å². The Labute approximate surface area is 31.6 Å². The van der Waals surface area contributed by atoms with Gasteiger partial charge in [0.25, 0.3) is 0 Å². The fraction of sp³-hybridized carbons (Fsp3) is 1.00. The highest BCUT2D eigenvalue weighted by Gasteiger charge is 1.30. The average molecular weight is 78.1 g/mol. The Kier molecular flexibility index (Phi) is 73.6. The summed E-state index contributed by atoms with van der Waals surface area (Å²) in [5.41, 5.74) is 8.90. The van der Waals surface area contributed by atoms with E-state index in [1.54, 1.807) is 0 Å². The minimum absolute atomic E-state index is 0.250. The molecule has 5 heavy (non-hydrogen) atoms. The molecule has 3 heteroatoms. The van der Waals surface area contributed by atoms with Crippen LogP contribution >= 0.6 is 0 Å². The van der Waals surface area contributed by atoms with Gasteiger partial charge in [-0.2, -0.15) is 0 Å². The molecular formula is C2H10N2O. The lowest BCUT2D eigenvalue weighted by Crippen LogP contribution is -1.92. The number of hydrogen-bond acceptors (Lipinski definition) is 3. The molecule has 0 fully saturated rings. The van der Waals surface area contributed by atoms with Gasteiger partial charge in [-0.15, -0.1) is 0 Å². The molecule has 0 rings (SSSR count). The summed E-state index contributed by atoms with van der Waals surface area (Å²) in [7, 11) is 1.50. The van der Waals surface area contributed by atoms with Gasteiger partial charge in [-0.25, -0.2) is 0 Å². The number of hydrogen-bond donors (Lipinski definition) is 3. The first-order chi connectivity index (χ1) is 2.41. The maximum absolute atomic E-state index is 7.35. The van der Waals surface area contributed by atoms with Crippen LogP contribution in [0, 0.1) is 0 Å². The quantitative estimate of drug-likeness (QED) is 0.308. The Morgan fingerprint density at radius 1 is 1.60 bits per heavy atom. The van der Waals surface area contributed by atoms with E-state index in [2.05, 4.69) is 11.5 Å². The van der Waals surface area contributed by atoms with Crippen molar-refractivity contribution in [2.45, 2.75) is 0 Å². The van der Waals surface area contributed by atoms with Gasteiger partial charge in [-0.1, -0.05) is 0 Å². The van der Waals surface area contributed by atoms with Crippen LogP contribution in [0.5, 0.6) is 0 Å². The third-order valence-electron chi connectivity index (χ3n) is 0. The molecule has 0 aliphatic heterocycles. The third-order valence-corrected chi connectivity index (χ3v) is 0. The average Bonchev–Trinajstić information content (AvgIpc) is 1.46. The lowest BCUT2D eigenvalue weighted by atomic mass is 11.4. The molecule has 34 valence electrons. The molecule has 5 N–H and O–H groups in total. The van der Waals surface area contributed by atoms with Gasteiger partial charge in [0, 0.05) is 0 Å². The minimum Gasteiger partial charge on any atom is -0.382 e. The van der Waals surface area contributed by atoms with Crippen molar-refractivity contribution in [2.75, 3.05) is 13.8 Å². The first kappa shape index (κ1) is 8.86. The second-order valence-electron chi connectivity index (χ2n) is 0.183. The lowest BCUT2D eigenvalue weighted by Gasteiger charge is -1.56. The first-order valence-electron chi connectivity index (χ1n) is 1.30. The molecule has 0 spiro atoms. The normalized spacial score (nSPS) is 4.80. The fourth-order valence-electron chi connectivity index (χ4n) is 0. The van der Waals surface area contributed by atoms with Crippen LogP contribution in [0.2, 0.25) is 0 Å². The van der Waals surface area contributed by atoms with E-state index in [1.807, 2.05) is 0 Å². The van der Waals surface area contributed by atoms with E-state index in [0.717, 1.165) is 0 Å². The summed E-state index contributed by atoms with van der Waals surface area (Å²) >= 11 is 0. The molecule has 0 saturated heterocycles. The highest BCUT2D eigenvalue weighted by molar-refractivity contribution is 3.76. The summed E-state index contributed by atoms with van der Waals surface area (Å²) in [6.07, 6.45) is 0. The van der Waals surface area contributed by atoms with E-state index >= 15 is 0 Å². The summed E-state index contributed by atoms with van der Waals surface area (Å²) in [6, 6.07) is 0. The van der Waals surface area contributed by atoms with Gasteiger partial charge in [-0.3, -0.25) is 0 Å². The van der Waals surface area contributed by atoms with Crippen molar-refractivity contribution in [2.24, 2.45) is 11.5 Å². The van der Waals surface area contributed by atoms with Crippen molar-refractivity contribution in [3.8, 4) is 0 Å². The number of nitrogens with two attached hydrogens (primary N) is 2. The van der Waals surface area contributed by atoms with E-state index in [0.29, 0.717) is 0 Å². The Balaban J connectivity index is 0. The molecule has 0 bridgehead atoms. The van der Waals surface area contributed by atoms with E-state index in [1.165, 1.54) is 7.05 Å². The molecule has 0 amide bonds. The van der Waals surface area contributed by atoms with Crippen LogP contribution in [-0.4, -0.2) is 18.9 Å². The zero-order valence-electron chi connectivity index (χ0n) is 3.31. The predicted octanol–water partition coefficient (Wildman–Crippen LogP) is -1.53. The summed E-state index contributed by atoms with van der Waals surface area (Å²) in [5, 5.41) is 7.35. The molecule has 0 radical (unpaired) electrons. The summed E-state index contributed by atoms with van der Waals surface area (Å²) < 4.78 is 0. The number of aliphatic hydroxyl groups is 1. The molecule has 0 aromatic rings. The first-order valence-corrected chi connectivity index (χ1v) is 1.30. The zero-order chi connectivity index (χ0) is 4.71. The number of rotatable bonds is 0. The molecule has 3 nitrogen and oxygen atoms in total. The molecule has 0 heterocycles. The van der Waals surface area contributed by atoms with E-state index in [-0.39, 0.29) is 6.73 Å². The molecule has 0 aliphatic rings. The van der Waals surface area contributed by atoms with Gasteiger partial charge in [0.05, 0.1) is 6.73 Å². The largest absolute Gasteiger partial charge is 0.382 e. The second kappa shape index (κ2) is 41.6.